The van der Waals surface area contributed by atoms with Gasteiger partial charge in [0.1, 0.15) is 5.25 Å². The van der Waals surface area contributed by atoms with Crippen molar-refractivity contribution in [1.82, 2.24) is 0 Å². The smallest absolute Gasteiger partial charge is 0.316 e. The molecule has 2 aromatic rings. The summed E-state index contributed by atoms with van der Waals surface area (Å²) in [6, 6.07) is 16.4. The number of carboxylic acids is 1. The van der Waals surface area contributed by atoms with Gasteiger partial charge in [-0.2, -0.15) is 0 Å². The molecule has 0 saturated heterocycles. The molecule has 1 atom stereocenters. The van der Waals surface area contributed by atoms with Gasteiger partial charge in [-0.3, -0.25) is 4.79 Å². The van der Waals surface area contributed by atoms with Crippen LogP contribution in [0.25, 0.3) is 0 Å². The molecule has 0 aromatic heterocycles. The molecule has 0 fully saturated rings. The van der Waals surface area contributed by atoms with Crippen LogP contribution < -0.4 is 0 Å². The first kappa shape index (κ1) is 20.9. The first-order valence-corrected chi connectivity index (χ1v) is 10.6. The number of rotatable bonds is 11. The number of aryl methyl sites for hydroxylation is 3. The van der Waals surface area contributed by atoms with Gasteiger partial charge in [0, 0.05) is 5.02 Å². The summed E-state index contributed by atoms with van der Waals surface area (Å²) < 4.78 is 0. The molecule has 0 heterocycles. The Labute approximate surface area is 166 Å². The molecule has 0 spiro atoms. The molecule has 4 heteroatoms. The molecule has 0 amide bonds. The number of benzene rings is 2. The Bertz CT molecular complexity index is 668. The van der Waals surface area contributed by atoms with E-state index in [9.17, 15) is 9.90 Å². The van der Waals surface area contributed by atoms with Crippen molar-refractivity contribution in [3.05, 3.63) is 70.2 Å². The summed E-state index contributed by atoms with van der Waals surface area (Å²) in [7, 11) is 0. The van der Waals surface area contributed by atoms with Crippen molar-refractivity contribution in [3.8, 4) is 0 Å². The maximum absolute atomic E-state index is 11.5. The van der Waals surface area contributed by atoms with Crippen LogP contribution in [0.5, 0.6) is 0 Å². The van der Waals surface area contributed by atoms with Crippen LogP contribution in [0.15, 0.2) is 48.5 Å². The van der Waals surface area contributed by atoms with Crippen LogP contribution >= 0.6 is 23.4 Å². The van der Waals surface area contributed by atoms with Gasteiger partial charge < -0.3 is 5.11 Å². The number of carboxylic acid groups (broad SMARTS) is 1. The molecule has 0 bridgehead atoms. The standard InChI is InChI=1S/C22H27ClO2S/c1-17-7-9-19(10-8-17)15-16-26-21(22(24)25)6-4-2-3-5-18-11-13-20(23)14-12-18/h7-14,21H,2-6,15-16H2,1H3,(H,24,25). The zero-order valence-electron chi connectivity index (χ0n) is 15.3. The van der Waals surface area contributed by atoms with E-state index < -0.39 is 5.97 Å². The lowest BCUT2D eigenvalue weighted by molar-refractivity contribution is -0.136. The topological polar surface area (TPSA) is 37.3 Å². The van der Waals surface area contributed by atoms with Crippen LogP contribution in [0.3, 0.4) is 0 Å². The average molecular weight is 391 g/mol. The van der Waals surface area contributed by atoms with Crippen molar-refractivity contribution >= 4 is 29.3 Å². The summed E-state index contributed by atoms with van der Waals surface area (Å²) in [5.74, 6) is 0.168. The van der Waals surface area contributed by atoms with E-state index in [1.165, 1.54) is 16.7 Å². The van der Waals surface area contributed by atoms with Crippen molar-refractivity contribution in [2.45, 2.75) is 50.7 Å². The SMILES string of the molecule is Cc1ccc(CCSC(CCCCCc2ccc(Cl)cc2)C(=O)O)cc1. The summed E-state index contributed by atoms with van der Waals surface area (Å²) in [6.45, 7) is 2.08. The molecule has 0 radical (unpaired) electrons. The highest BCUT2D eigenvalue weighted by molar-refractivity contribution is 8.00. The predicted octanol–water partition coefficient (Wildman–Crippen LogP) is 6.18. The van der Waals surface area contributed by atoms with E-state index in [0.29, 0.717) is 0 Å². The number of thioether (sulfide) groups is 1. The third-order valence-corrected chi connectivity index (χ3v) is 5.98. The third kappa shape index (κ3) is 7.84. The van der Waals surface area contributed by atoms with Crippen molar-refractivity contribution in [2.24, 2.45) is 0 Å². The van der Waals surface area contributed by atoms with Gasteiger partial charge in [0.05, 0.1) is 0 Å². The second-order valence-electron chi connectivity index (χ2n) is 6.66. The molecule has 1 N–H and O–H groups in total. The number of carbonyl (C=O) groups is 1. The van der Waals surface area contributed by atoms with E-state index >= 15 is 0 Å². The van der Waals surface area contributed by atoms with Crippen LogP contribution in [-0.2, 0) is 17.6 Å². The molecule has 0 aliphatic rings. The fraction of sp³-hybridized carbons (Fsp3) is 0.409. The van der Waals surface area contributed by atoms with Crippen LogP contribution in [0, 0.1) is 6.92 Å². The lowest BCUT2D eigenvalue weighted by atomic mass is 10.1. The lowest BCUT2D eigenvalue weighted by Crippen LogP contribution is -2.17. The highest BCUT2D eigenvalue weighted by Crippen LogP contribution is 2.21. The van der Waals surface area contributed by atoms with Gasteiger partial charge >= 0.3 is 5.97 Å². The summed E-state index contributed by atoms with van der Waals surface area (Å²) in [5.41, 5.74) is 3.82. The zero-order valence-corrected chi connectivity index (χ0v) is 16.9. The van der Waals surface area contributed by atoms with Crippen LogP contribution in [0.4, 0.5) is 0 Å². The second-order valence-corrected chi connectivity index (χ2v) is 8.41. The van der Waals surface area contributed by atoms with Crippen LogP contribution in [0.2, 0.25) is 5.02 Å². The van der Waals surface area contributed by atoms with Crippen molar-refractivity contribution < 1.29 is 9.90 Å². The highest BCUT2D eigenvalue weighted by atomic mass is 35.5. The van der Waals surface area contributed by atoms with Crippen LogP contribution in [0.1, 0.15) is 42.4 Å². The lowest BCUT2D eigenvalue weighted by Gasteiger charge is -2.12. The maximum Gasteiger partial charge on any atom is 0.316 e. The quantitative estimate of drug-likeness (QED) is 0.465. The average Bonchev–Trinajstić information content (AvgIpc) is 2.63. The summed E-state index contributed by atoms with van der Waals surface area (Å²) in [5, 5.41) is 9.90. The number of aliphatic carboxylic acids is 1. The molecule has 2 rings (SSSR count). The van der Waals surface area contributed by atoms with E-state index in [0.717, 1.165) is 49.3 Å². The van der Waals surface area contributed by atoms with E-state index in [1.54, 1.807) is 11.8 Å². The summed E-state index contributed by atoms with van der Waals surface area (Å²) in [4.78, 5) is 11.5. The molecular formula is C22H27ClO2S. The van der Waals surface area contributed by atoms with Crippen molar-refractivity contribution in [2.75, 3.05) is 5.75 Å². The summed E-state index contributed by atoms with van der Waals surface area (Å²) in [6.07, 6.45) is 5.80. The second kappa shape index (κ2) is 11.3. The molecule has 26 heavy (non-hydrogen) atoms. The zero-order chi connectivity index (χ0) is 18.8. The normalized spacial score (nSPS) is 12.1. The Kier molecular flexibility index (Phi) is 9.07. The Morgan fingerprint density at radius 3 is 2.23 bits per heavy atom. The minimum atomic E-state index is -0.684. The Morgan fingerprint density at radius 2 is 1.58 bits per heavy atom. The van der Waals surface area contributed by atoms with Gasteiger partial charge in [0.25, 0.3) is 0 Å². The van der Waals surface area contributed by atoms with Gasteiger partial charge in [-0.05, 0) is 61.6 Å². The molecule has 2 aromatic carbocycles. The molecule has 140 valence electrons. The van der Waals surface area contributed by atoms with Gasteiger partial charge in [0.2, 0.25) is 0 Å². The van der Waals surface area contributed by atoms with E-state index in [4.69, 9.17) is 11.6 Å². The Morgan fingerprint density at radius 1 is 0.962 bits per heavy atom. The first-order valence-electron chi connectivity index (χ1n) is 9.19. The molecule has 2 nitrogen and oxygen atoms in total. The first-order chi connectivity index (χ1) is 12.5. The van der Waals surface area contributed by atoms with E-state index in [1.807, 2.05) is 12.1 Å². The van der Waals surface area contributed by atoms with Gasteiger partial charge in [-0.25, -0.2) is 0 Å². The van der Waals surface area contributed by atoms with Crippen molar-refractivity contribution in [3.63, 3.8) is 0 Å². The third-order valence-electron chi connectivity index (χ3n) is 4.45. The largest absolute Gasteiger partial charge is 0.480 e. The van der Waals surface area contributed by atoms with Gasteiger partial charge in [0.15, 0.2) is 0 Å². The Hall–Kier alpha value is -1.45. The number of hydrogen-bond acceptors (Lipinski definition) is 2. The minimum Gasteiger partial charge on any atom is -0.480 e. The fourth-order valence-electron chi connectivity index (χ4n) is 2.84. The fourth-order valence-corrected chi connectivity index (χ4v) is 4.08. The number of hydrogen-bond donors (Lipinski definition) is 1. The molecule has 0 aliphatic carbocycles. The van der Waals surface area contributed by atoms with Gasteiger partial charge in [-0.1, -0.05) is 66.4 Å². The molecule has 0 aliphatic heterocycles. The minimum absolute atomic E-state index is 0.295. The van der Waals surface area contributed by atoms with E-state index in [2.05, 4.69) is 43.3 Å². The molecule has 1 unspecified atom stereocenters. The molecular weight excluding hydrogens is 364 g/mol. The number of halogens is 1. The number of unbranched alkanes of at least 4 members (excludes halogenated alkanes) is 2. The highest BCUT2D eigenvalue weighted by Gasteiger charge is 2.17. The summed E-state index contributed by atoms with van der Waals surface area (Å²) >= 11 is 7.46. The van der Waals surface area contributed by atoms with Crippen LogP contribution in [-0.4, -0.2) is 22.1 Å². The van der Waals surface area contributed by atoms with Crippen molar-refractivity contribution in [1.29, 1.82) is 0 Å². The maximum atomic E-state index is 11.5. The molecule has 0 saturated carbocycles. The monoisotopic (exact) mass is 390 g/mol. The van der Waals surface area contributed by atoms with Gasteiger partial charge in [-0.15, -0.1) is 11.8 Å². The Balaban J connectivity index is 1.63. The van der Waals surface area contributed by atoms with E-state index in [-0.39, 0.29) is 5.25 Å². The predicted molar refractivity (Wildman–Crippen MR) is 112 cm³/mol.